The van der Waals surface area contributed by atoms with E-state index in [9.17, 15) is 9.59 Å². The van der Waals surface area contributed by atoms with Gasteiger partial charge in [0.2, 0.25) is 11.8 Å². The van der Waals surface area contributed by atoms with Crippen LogP contribution in [0.5, 0.6) is 0 Å². The van der Waals surface area contributed by atoms with Gasteiger partial charge in [-0.3, -0.25) is 9.59 Å². The maximum absolute atomic E-state index is 12.6. The summed E-state index contributed by atoms with van der Waals surface area (Å²) < 4.78 is 0. The number of thioether (sulfide) groups is 1. The first-order chi connectivity index (χ1) is 12.5. The number of carbonyl (C=O) groups excluding carboxylic acids is 2. The molecule has 0 spiro atoms. The zero-order valence-electron chi connectivity index (χ0n) is 15.3. The number of nitrogens with one attached hydrogen (secondary N) is 2. The summed E-state index contributed by atoms with van der Waals surface area (Å²) in [6, 6.07) is 8.78. The Balaban J connectivity index is 2.13. The van der Waals surface area contributed by atoms with Crippen LogP contribution in [0.25, 0.3) is 11.3 Å². The molecule has 0 aliphatic carbocycles. The van der Waals surface area contributed by atoms with Crippen molar-refractivity contribution in [3.05, 3.63) is 42.4 Å². The van der Waals surface area contributed by atoms with Gasteiger partial charge in [0.1, 0.15) is 11.9 Å². The van der Waals surface area contributed by atoms with Gasteiger partial charge in [-0.2, -0.15) is 11.8 Å². The van der Waals surface area contributed by atoms with Crippen molar-refractivity contribution in [2.75, 3.05) is 17.3 Å². The van der Waals surface area contributed by atoms with E-state index in [0.29, 0.717) is 24.4 Å². The van der Waals surface area contributed by atoms with E-state index in [1.807, 2.05) is 43.5 Å². The summed E-state index contributed by atoms with van der Waals surface area (Å²) in [5.74, 6) is 1.15. The van der Waals surface area contributed by atoms with E-state index in [1.54, 1.807) is 24.9 Å². The Morgan fingerprint density at radius 3 is 2.77 bits per heavy atom. The summed E-state index contributed by atoms with van der Waals surface area (Å²) in [5.41, 5.74) is 2.36. The molecule has 0 saturated carbocycles. The van der Waals surface area contributed by atoms with Crippen LogP contribution in [0.2, 0.25) is 0 Å². The molecule has 26 heavy (non-hydrogen) atoms. The molecule has 0 unspecified atom stereocenters. The Kier molecular flexibility index (Phi) is 7.59. The second-order valence-corrected chi connectivity index (χ2v) is 6.80. The van der Waals surface area contributed by atoms with E-state index in [4.69, 9.17) is 0 Å². The van der Waals surface area contributed by atoms with Gasteiger partial charge in [0.05, 0.1) is 5.69 Å². The van der Waals surface area contributed by atoms with Crippen LogP contribution in [-0.2, 0) is 9.59 Å². The zero-order valence-corrected chi connectivity index (χ0v) is 16.1. The van der Waals surface area contributed by atoms with Crippen molar-refractivity contribution in [2.45, 2.75) is 32.7 Å². The van der Waals surface area contributed by atoms with Gasteiger partial charge in [-0.15, -0.1) is 0 Å². The lowest BCUT2D eigenvalue weighted by molar-refractivity contribution is -0.126. The molecule has 0 saturated heterocycles. The van der Waals surface area contributed by atoms with Gasteiger partial charge < -0.3 is 10.6 Å². The van der Waals surface area contributed by atoms with Gasteiger partial charge in [-0.1, -0.05) is 19.1 Å². The quantitative estimate of drug-likeness (QED) is 0.744. The summed E-state index contributed by atoms with van der Waals surface area (Å²) in [6.07, 6.45) is 4.63. The molecule has 2 rings (SSSR count). The average Bonchev–Trinajstić information content (AvgIpc) is 2.65. The minimum atomic E-state index is -0.542. The highest BCUT2D eigenvalue weighted by Gasteiger charge is 2.20. The molecule has 1 heterocycles. The molecule has 138 valence electrons. The van der Waals surface area contributed by atoms with E-state index in [1.165, 1.54) is 0 Å². The van der Waals surface area contributed by atoms with Crippen LogP contribution in [-0.4, -0.2) is 39.8 Å². The highest BCUT2D eigenvalue weighted by atomic mass is 32.2. The Morgan fingerprint density at radius 1 is 1.27 bits per heavy atom. The Bertz CT molecular complexity index is 767. The van der Waals surface area contributed by atoms with Crippen molar-refractivity contribution < 1.29 is 9.59 Å². The third-order valence-corrected chi connectivity index (χ3v) is 4.43. The van der Waals surface area contributed by atoms with Crippen LogP contribution in [0.1, 0.15) is 25.6 Å². The number of benzene rings is 1. The van der Waals surface area contributed by atoms with Crippen molar-refractivity contribution in [3.8, 4) is 11.3 Å². The van der Waals surface area contributed by atoms with Crippen molar-refractivity contribution in [2.24, 2.45) is 0 Å². The van der Waals surface area contributed by atoms with E-state index in [2.05, 4.69) is 20.6 Å². The zero-order chi connectivity index (χ0) is 18.9. The van der Waals surface area contributed by atoms with Gasteiger partial charge in [-0.05, 0) is 43.6 Å². The van der Waals surface area contributed by atoms with Gasteiger partial charge in [0, 0.05) is 23.9 Å². The van der Waals surface area contributed by atoms with E-state index in [0.717, 1.165) is 17.0 Å². The van der Waals surface area contributed by atoms with Crippen LogP contribution in [0.3, 0.4) is 0 Å². The van der Waals surface area contributed by atoms with Crippen LogP contribution < -0.4 is 10.6 Å². The van der Waals surface area contributed by atoms with E-state index in [-0.39, 0.29) is 11.8 Å². The second-order valence-electron chi connectivity index (χ2n) is 5.81. The van der Waals surface area contributed by atoms with Gasteiger partial charge in [0.15, 0.2) is 0 Å². The molecule has 0 bridgehead atoms. The number of hydrogen-bond donors (Lipinski definition) is 2. The molecule has 2 amide bonds. The first-order valence-corrected chi connectivity index (χ1v) is 9.92. The Labute approximate surface area is 158 Å². The van der Waals surface area contributed by atoms with E-state index < -0.39 is 6.04 Å². The molecule has 0 aliphatic heterocycles. The van der Waals surface area contributed by atoms with Gasteiger partial charge in [0.25, 0.3) is 0 Å². The minimum absolute atomic E-state index is 0.128. The van der Waals surface area contributed by atoms with Crippen LogP contribution >= 0.6 is 11.8 Å². The number of aromatic nitrogens is 2. The molecular formula is C19H24N4O2S. The molecule has 2 aromatic rings. The molecule has 0 radical (unpaired) electrons. The molecular weight excluding hydrogens is 348 g/mol. The lowest BCUT2D eigenvalue weighted by atomic mass is 10.1. The Morgan fingerprint density at radius 2 is 2.08 bits per heavy atom. The van der Waals surface area contributed by atoms with Crippen molar-refractivity contribution in [1.29, 1.82) is 0 Å². The summed E-state index contributed by atoms with van der Waals surface area (Å²) in [7, 11) is 0. The normalized spacial score (nSPS) is 11.7. The SMILES string of the molecule is CCC(=O)N[C@H](CCSC)C(=O)Nc1cccc(-c2ccnc(C)n2)c1. The third-order valence-electron chi connectivity index (χ3n) is 3.79. The van der Waals surface area contributed by atoms with Crippen molar-refractivity contribution in [1.82, 2.24) is 15.3 Å². The Hall–Kier alpha value is -2.41. The van der Waals surface area contributed by atoms with Crippen LogP contribution in [0.4, 0.5) is 5.69 Å². The lowest BCUT2D eigenvalue weighted by Gasteiger charge is -2.18. The minimum Gasteiger partial charge on any atom is -0.344 e. The molecule has 2 N–H and O–H groups in total. The average molecular weight is 372 g/mol. The first kappa shape index (κ1) is 19.9. The summed E-state index contributed by atoms with van der Waals surface area (Å²) in [4.78, 5) is 32.8. The third kappa shape index (κ3) is 5.84. The molecule has 1 atom stereocenters. The number of hydrogen-bond acceptors (Lipinski definition) is 5. The lowest BCUT2D eigenvalue weighted by Crippen LogP contribution is -2.44. The number of nitrogens with zero attached hydrogens (tertiary/aromatic N) is 2. The number of carbonyl (C=O) groups is 2. The molecule has 1 aromatic carbocycles. The highest BCUT2D eigenvalue weighted by molar-refractivity contribution is 7.98. The first-order valence-electron chi connectivity index (χ1n) is 8.52. The van der Waals surface area contributed by atoms with Gasteiger partial charge >= 0.3 is 0 Å². The maximum atomic E-state index is 12.6. The predicted molar refractivity (Wildman–Crippen MR) is 106 cm³/mol. The topological polar surface area (TPSA) is 84.0 Å². The molecule has 6 nitrogen and oxygen atoms in total. The second kappa shape index (κ2) is 9.91. The molecule has 0 fully saturated rings. The fraction of sp³-hybridized carbons (Fsp3) is 0.368. The fourth-order valence-electron chi connectivity index (χ4n) is 2.40. The van der Waals surface area contributed by atoms with Crippen LogP contribution in [0.15, 0.2) is 36.5 Å². The molecule has 0 aliphatic rings. The van der Waals surface area contributed by atoms with Crippen molar-refractivity contribution in [3.63, 3.8) is 0 Å². The number of anilines is 1. The standard InChI is InChI=1S/C19H24N4O2S/c1-4-18(24)23-17(9-11-26-3)19(25)22-15-7-5-6-14(12-15)16-8-10-20-13(2)21-16/h5-8,10,12,17H,4,9,11H2,1-3H3,(H,22,25)(H,23,24)/t17-/m1/s1. The number of rotatable bonds is 8. The smallest absolute Gasteiger partial charge is 0.246 e. The molecule has 1 aromatic heterocycles. The monoisotopic (exact) mass is 372 g/mol. The number of amides is 2. The van der Waals surface area contributed by atoms with Gasteiger partial charge in [-0.25, -0.2) is 9.97 Å². The van der Waals surface area contributed by atoms with Crippen molar-refractivity contribution >= 4 is 29.3 Å². The van der Waals surface area contributed by atoms with Crippen LogP contribution in [0, 0.1) is 6.92 Å². The summed E-state index contributed by atoms with van der Waals surface area (Å²) in [5, 5.41) is 5.69. The maximum Gasteiger partial charge on any atom is 0.246 e. The fourth-order valence-corrected chi connectivity index (χ4v) is 2.87. The van der Waals surface area contributed by atoms with E-state index >= 15 is 0 Å². The summed E-state index contributed by atoms with van der Waals surface area (Å²) >= 11 is 1.64. The number of aryl methyl sites for hydroxylation is 1. The summed E-state index contributed by atoms with van der Waals surface area (Å²) in [6.45, 7) is 3.61. The molecule has 7 heteroatoms. The highest BCUT2D eigenvalue weighted by Crippen LogP contribution is 2.21. The largest absolute Gasteiger partial charge is 0.344 e. The predicted octanol–water partition coefficient (Wildman–Crippen LogP) is 3.04.